The first-order valence-electron chi connectivity index (χ1n) is 4.21. The number of rotatable bonds is 2. The van der Waals surface area contributed by atoms with Gasteiger partial charge in [0.25, 0.3) is 0 Å². The van der Waals surface area contributed by atoms with Gasteiger partial charge in [-0.25, -0.2) is 9.67 Å². The summed E-state index contributed by atoms with van der Waals surface area (Å²) in [5, 5.41) is 4.94. The molecule has 4 nitrogen and oxygen atoms in total. The summed E-state index contributed by atoms with van der Waals surface area (Å²) in [7, 11) is 0. The molecular formula is C8H9BrN4S. The van der Waals surface area contributed by atoms with Crippen LogP contribution in [0.1, 0.15) is 25.6 Å². The lowest BCUT2D eigenvalue weighted by Crippen LogP contribution is -1.95. The molecule has 0 aliphatic heterocycles. The first kappa shape index (κ1) is 9.79. The molecule has 2 heterocycles. The molecule has 0 spiro atoms. The zero-order valence-corrected chi connectivity index (χ0v) is 10.2. The van der Waals surface area contributed by atoms with E-state index in [2.05, 4.69) is 44.2 Å². The Labute approximate surface area is 94.3 Å². The third kappa shape index (κ3) is 1.85. The smallest absolute Gasteiger partial charge is 0.211 e. The standard InChI is InChI=1S/C8H9BrN4S/c1-5(2)7-11-8(14-12-7)13-4-6(9)3-10-13/h3-5H,1-2H3. The van der Waals surface area contributed by atoms with Crippen molar-refractivity contribution in [2.45, 2.75) is 19.8 Å². The third-order valence-corrected chi connectivity index (χ3v) is 2.82. The molecule has 2 aromatic rings. The van der Waals surface area contributed by atoms with Crippen molar-refractivity contribution in [2.75, 3.05) is 0 Å². The van der Waals surface area contributed by atoms with E-state index in [1.54, 1.807) is 10.9 Å². The highest BCUT2D eigenvalue weighted by Crippen LogP contribution is 2.17. The van der Waals surface area contributed by atoms with Gasteiger partial charge < -0.3 is 0 Å². The van der Waals surface area contributed by atoms with E-state index in [1.807, 2.05) is 6.20 Å². The lowest BCUT2D eigenvalue weighted by Gasteiger charge is -1.94. The Kier molecular flexibility index (Phi) is 2.64. The Morgan fingerprint density at radius 2 is 2.29 bits per heavy atom. The molecule has 0 radical (unpaired) electrons. The van der Waals surface area contributed by atoms with Crippen LogP contribution >= 0.6 is 27.5 Å². The van der Waals surface area contributed by atoms with E-state index in [0.29, 0.717) is 5.92 Å². The molecule has 0 bridgehead atoms. The molecule has 2 aromatic heterocycles. The van der Waals surface area contributed by atoms with Gasteiger partial charge in [0.15, 0.2) is 0 Å². The van der Waals surface area contributed by atoms with Gasteiger partial charge in [-0.2, -0.15) is 9.47 Å². The molecule has 0 fully saturated rings. The maximum atomic E-state index is 4.38. The van der Waals surface area contributed by atoms with E-state index in [-0.39, 0.29) is 0 Å². The van der Waals surface area contributed by atoms with Crippen molar-refractivity contribution >= 4 is 27.5 Å². The molecular weight excluding hydrogens is 264 g/mol. The number of aromatic nitrogens is 4. The molecule has 0 aliphatic carbocycles. The summed E-state index contributed by atoms with van der Waals surface area (Å²) in [5.74, 6) is 1.23. The van der Waals surface area contributed by atoms with Crippen LogP contribution in [0, 0.1) is 0 Å². The SMILES string of the molecule is CC(C)c1nsc(-n2cc(Br)cn2)n1. The van der Waals surface area contributed by atoms with Gasteiger partial charge in [-0.15, -0.1) is 0 Å². The summed E-state index contributed by atoms with van der Waals surface area (Å²) >= 11 is 4.70. The van der Waals surface area contributed by atoms with Gasteiger partial charge in [-0.1, -0.05) is 13.8 Å². The van der Waals surface area contributed by atoms with Crippen LogP contribution in [0.5, 0.6) is 0 Å². The molecule has 6 heteroatoms. The highest BCUT2D eigenvalue weighted by atomic mass is 79.9. The van der Waals surface area contributed by atoms with Crippen LogP contribution in [0.15, 0.2) is 16.9 Å². The second-order valence-corrected chi connectivity index (χ2v) is 4.84. The summed E-state index contributed by atoms with van der Waals surface area (Å²) in [4.78, 5) is 4.38. The van der Waals surface area contributed by atoms with Crippen LogP contribution in [0.2, 0.25) is 0 Å². The molecule has 74 valence electrons. The van der Waals surface area contributed by atoms with Crippen LogP contribution < -0.4 is 0 Å². The second kappa shape index (κ2) is 3.78. The molecule has 0 aliphatic rings. The van der Waals surface area contributed by atoms with Crippen LogP contribution in [0.3, 0.4) is 0 Å². The Hall–Kier alpha value is -0.750. The third-order valence-electron chi connectivity index (χ3n) is 1.69. The van der Waals surface area contributed by atoms with Crippen molar-refractivity contribution in [1.29, 1.82) is 0 Å². The van der Waals surface area contributed by atoms with Crippen molar-refractivity contribution in [1.82, 2.24) is 19.1 Å². The number of nitrogens with zero attached hydrogens (tertiary/aromatic N) is 4. The zero-order valence-electron chi connectivity index (χ0n) is 7.81. The molecule has 0 saturated carbocycles. The van der Waals surface area contributed by atoms with E-state index in [4.69, 9.17) is 0 Å². The minimum absolute atomic E-state index is 0.360. The van der Waals surface area contributed by atoms with E-state index in [1.165, 1.54) is 11.5 Å². The summed E-state index contributed by atoms with van der Waals surface area (Å²) in [6.45, 7) is 4.15. The van der Waals surface area contributed by atoms with Crippen LogP contribution in [0.4, 0.5) is 0 Å². The normalized spacial score (nSPS) is 11.1. The van der Waals surface area contributed by atoms with Crippen molar-refractivity contribution in [2.24, 2.45) is 0 Å². The maximum absolute atomic E-state index is 4.38. The lowest BCUT2D eigenvalue weighted by molar-refractivity contribution is 0.781. The van der Waals surface area contributed by atoms with E-state index >= 15 is 0 Å². The number of hydrogen-bond donors (Lipinski definition) is 0. The summed E-state index contributed by atoms with van der Waals surface area (Å²) in [5.41, 5.74) is 0. The van der Waals surface area contributed by atoms with Crippen molar-refractivity contribution in [3.05, 3.63) is 22.7 Å². The quantitative estimate of drug-likeness (QED) is 0.844. The monoisotopic (exact) mass is 272 g/mol. The molecule has 0 atom stereocenters. The molecule has 0 N–H and O–H groups in total. The summed E-state index contributed by atoms with van der Waals surface area (Å²) in [6.07, 6.45) is 3.60. The molecule has 0 saturated heterocycles. The van der Waals surface area contributed by atoms with Gasteiger partial charge in [0.05, 0.1) is 10.7 Å². The number of halogens is 1. The minimum Gasteiger partial charge on any atom is -0.211 e. The largest absolute Gasteiger partial charge is 0.230 e. The molecule has 2 rings (SSSR count). The van der Waals surface area contributed by atoms with Gasteiger partial charge in [-0.3, -0.25) is 0 Å². The molecule has 14 heavy (non-hydrogen) atoms. The number of hydrogen-bond acceptors (Lipinski definition) is 4. The van der Waals surface area contributed by atoms with Gasteiger partial charge in [0.1, 0.15) is 5.82 Å². The average molecular weight is 273 g/mol. The minimum atomic E-state index is 0.360. The summed E-state index contributed by atoms with van der Waals surface area (Å²) < 4.78 is 6.91. The fourth-order valence-corrected chi connectivity index (χ4v) is 1.99. The molecule has 0 unspecified atom stereocenters. The molecule has 0 aromatic carbocycles. The molecule has 0 amide bonds. The predicted molar refractivity (Wildman–Crippen MR) is 58.8 cm³/mol. The lowest BCUT2D eigenvalue weighted by atomic mass is 10.2. The van der Waals surface area contributed by atoms with Gasteiger partial charge in [0, 0.05) is 23.6 Å². The van der Waals surface area contributed by atoms with Crippen LogP contribution in [0.25, 0.3) is 5.13 Å². The Balaban J connectivity index is 2.33. The van der Waals surface area contributed by atoms with E-state index in [0.717, 1.165) is 15.4 Å². The maximum Gasteiger partial charge on any atom is 0.230 e. The van der Waals surface area contributed by atoms with Crippen molar-refractivity contribution < 1.29 is 0 Å². The average Bonchev–Trinajstić information content (AvgIpc) is 2.70. The Morgan fingerprint density at radius 1 is 1.50 bits per heavy atom. The topological polar surface area (TPSA) is 43.6 Å². The first-order valence-corrected chi connectivity index (χ1v) is 5.77. The fourth-order valence-electron chi connectivity index (χ4n) is 0.959. The Morgan fingerprint density at radius 3 is 2.79 bits per heavy atom. The Bertz CT molecular complexity index is 434. The van der Waals surface area contributed by atoms with Crippen LogP contribution in [-0.2, 0) is 0 Å². The van der Waals surface area contributed by atoms with E-state index < -0.39 is 0 Å². The highest BCUT2D eigenvalue weighted by molar-refractivity contribution is 9.10. The van der Waals surface area contributed by atoms with Crippen molar-refractivity contribution in [3.8, 4) is 5.13 Å². The zero-order chi connectivity index (χ0) is 10.1. The van der Waals surface area contributed by atoms with Gasteiger partial charge in [-0.05, 0) is 15.9 Å². The van der Waals surface area contributed by atoms with Gasteiger partial charge >= 0.3 is 0 Å². The second-order valence-electron chi connectivity index (χ2n) is 3.19. The summed E-state index contributed by atoms with van der Waals surface area (Å²) in [6, 6.07) is 0. The van der Waals surface area contributed by atoms with Crippen molar-refractivity contribution in [3.63, 3.8) is 0 Å². The highest BCUT2D eigenvalue weighted by Gasteiger charge is 2.09. The first-order chi connectivity index (χ1) is 6.66. The van der Waals surface area contributed by atoms with E-state index in [9.17, 15) is 0 Å². The predicted octanol–water partition coefficient (Wildman–Crippen LogP) is 2.61. The van der Waals surface area contributed by atoms with Crippen LogP contribution in [-0.4, -0.2) is 19.1 Å². The van der Waals surface area contributed by atoms with Gasteiger partial charge in [0.2, 0.25) is 5.13 Å². The fraction of sp³-hybridized carbons (Fsp3) is 0.375.